The molecule has 0 unspecified atom stereocenters. The van der Waals surface area contributed by atoms with Crippen molar-refractivity contribution in [1.82, 2.24) is 19.3 Å². The van der Waals surface area contributed by atoms with Crippen LogP contribution < -0.4 is 0 Å². The van der Waals surface area contributed by atoms with Crippen LogP contribution in [0.5, 0.6) is 0 Å². The van der Waals surface area contributed by atoms with Gasteiger partial charge in [0.1, 0.15) is 5.69 Å². The van der Waals surface area contributed by atoms with Crippen LogP contribution in [-0.4, -0.2) is 44.4 Å². The molecule has 0 spiro atoms. The van der Waals surface area contributed by atoms with E-state index in [2.05, 4.69) is 35.1 Å². The van der Waals surface area contributed by atoms with Gasteiger partial charge in [-0.15, -0.1) is 0 Å². The molecule has 0 N–H and O–H groups in total. The number of carbonyl (C=O) groups is 1. The average Bonchev–Trinajstić information content (AvgIpc) is 3.27. The summed E-state index contributed by atoms with van der Waals surface area (Å²) in [5.74, 6) is 0.510. The highest BCUT2D eigenvalue weighted by molar-refractivity contribution is 5.94. The number of hydrogen-bond acceptors (Lipinski definition) is 4. The lowest BCUT2D eigenvalue weighted by molar-refractivity contribution is 0.0501. The summed E-state index contributed by atoms with van der Waals surface area (Å²) in [5.41, 5.74) is 3.57. The first-order chi connectivity index (χ1) is 13.1. The summed E-state index contributed by atoms with van der Waals surface area (Å²) in [6.45, 7) is 5.83. The lowest BCUT2D eigenvalue weighted by Crippen LogP contribution is -2.37. The summed E-state index contributed by atoms with van der Waals surface area (Å²) in [4.78, 5) is 24.1. The predicted molar refractivity (Wildman–Crippen MR) is 103 cm³/mol. The van der Waals surface area contributed by atoms with Crippen molar-refractivity contribution >= 4 is 11.7 Å². The van der Waals surface area contributed by atoms with Crippen molar-refractivity contribution in [3.63, 3.8) is 0 Å². The van der Waals surface area contributed by atoms with E-state index in [0.717, 1.165) is 25.0 Å². The van der Waals surface area contributed by atoms with E-state index in [-0.39, 0.29) is 12.0 Å². The van der Waals surface area contributed by atoms with Crippen molar-refractivity contribution in [2.45, 2.75) is 39.3 Å². The Hall–Kier alpha value is -2.73. The van der Waals surface area contributed by atoms with Gasteiger partial charge in [0.25, 0.3) is 5.91 Å². The fourth-order valence-corrected chi connectivity index (χ4v) is 3.69. The zero-order valence-electron chi connectivity index (χ0n) is 15.8. The second-order valence-corrected chi connectivity index (χ2v) is 7.15. The molecule has 1 fully saturated rings. The van der Waals surface area contributed by atoms with Gasteiger partial charge in [0.05, 0.1) is 11.8 Å². The summed E-state index contributed by atoms with van der Waals surface area (Å²) in [6, 6.07) is 10.1. The lowest BCUT2D eigenvalue weighted by atomic mass is 10.1. The molecule has 2 aromatic heterocycles. The van der Waals surface area contributed by atoms with Crippen molar-refractivity contribution in [3.8, 4) is 0 Å². The van der Waals surface area contributed by atoms with E-state index in [1.165, 1.54) is 5.56 Å². The number of fused-ring (bicyclic) bond motifs is 1. The maximum atomic E-state index is 13.5. The van der Waals surface area contributed by atoms with Crippen LogP contribution in [0.15, 0.2) is 42.7 Å². The first-order valence-electron chi connectivity index (χ1n) is 9.38. The third-order valence-electron chi connectivity index (χ3n) is 4.97. The number of rotatable bonds is 5. The molecule has 0 radical (unpaired) electrons. The van der Waals surface area contributed by atoms with Crippen molar-refractivity contribution < 1.29 is 9.53 Å². The standard InChI is InChI=1S/C21H24N4O2/c1-15-6-3-7-17(12-15)13-24(14-18-8-4-11-27-18)20(26)19-16(2)23-21-22-9-5-10-25(19)21/h3,5-7,9-10,12,18H,4,8,11,13-14H2,1-2H3/t18-/m0/s1. The zero-order valence-corrected chi connectivity index (χ0v) is 15.8. The molecule has 1 aliphatic heterocycles. The van der Waals surface area contributed by atoms with E-state index in [1.807, 2.05) is 30.2 Å². The predicted octanol–water partition coefficient (Wildman–Crippen LogP) is 3.17. The molecule has 1 amide bonds. The summed E-state index contributed by atoms with van der Waals surface area (Å²) >= 11 is 0. The highest BCUT2D eigenvalue weighted by atomic mass is 16.5. The monoisotopic (exact) mass is 364 g/mol. The zero-order chi connectivity index (χ0) is 18.8. The SMILES string of the molecule is Cc1cccc(CN(C[C@@H]2CCCO2)C(=O)c2c(C)nc3ncccn23)c1. The quantitative estimate of drug-likeness (QED) is 0.698. The number of benzene rings is 1. The van der Waals surface area contributed by atoms with E-state index in [1.54, 1.807) is 10.6 Å². The second kappa shape index (κ2) is 7.48. The molecule has 6 nitrogen and oxygen atoms in total. The van der Waals surface area contributed by atoms with E-state index in [9.17, 15) is 4.79 Å². The summed E-state index contributed by atoms with van der Waals surface area (Å²) in [6.07, 6.45) is 5.66. The Balaban J connectivity index is 1.67. The van der Waals surface area contributed by atoms with E-state index >= 15 is 0 Å². The number of amides is 1. The van der Waals surface area contributed by atoms with Crippen LogP contribution in [0, 0.1) is 13.8 Å². The van der Waals surface area contributed by atoms with Crippen molar-refractivity contribution in [2.24, 2.45) is 0 Å². The molecule has 27 heavy (non-hydrogen) atoms. The number of ether oxygens (including phenoxy) is 1. The van der Waals surface area contributed by atoms with Gasteiger partial charge in [0.2, 0.25) is 5.78 Å². The molecule has 6 heteroatoms. The van der Waals surface area contributed by atoms with Crippen molar-refractivity contribution in [1.29, 1.82) is 0 Å². The number of imidazole rings is 1. The molecule has 4 rings (SSSR count). The van der Waals surface area contributed by atoms with E-state index < -0.39 is 0 Å². The van der Waals surface area contributed by atoms with E-state index in [4.69, 9.17) is 4.74 Å². The third-order valence-corrected chi connectivity index (χ3v) is 4.97. The van der Waals surface area contributed by atoms with Crippen molar-refractivity contribution in [3.05, 3.63) is 65.2 Å². The van der Waals surface area contributed by atoms with Gasteiger partial charge >= 0.3 is 0 Å². The fourth-order valence-electron chi connectivity index (χ4n) is 3.69. The van der Waals surface area contributed by atoms with Crippen LogP contribution in [0.2, 0.25) is 0 Å². The number of carbonyl (C=O) groups excluding carboxylic acids is 1. The molecule has 1 aromatic carbocycles. The molecule has 0 aliphatic carbocycles. The normalized spacial score (nSPS) is 16.7. The first-order valence-corrected chi connectivity index (χ1v) is 9.38. The van der Waals surface area contributed by atoms with Crippen molar-refractivity contribution in [2.75, 3.05) is 13.2 Å². The molecular formula is C21H24N4O2. The molecular weight excluding hydrogens is 340 g/mol. The highest BCUT2D eigenvalue weighted by Crippen LogP contribution is 2.19. The van der Waals surface area contributed by atoms with Gasteiger partial charge < -0.3 is 9.64 Å². The molecule has 0 saturated carbocycles. The third kappa shape index (κ3) is 3.71. The van der Waals surface area contributed by atoms with Crippen LogP contribution in [0.4, 0.5) is 0 Å². The number of nitrogens with zero attached hydrogens (tertiary/aromatic N) is 4. The van der Waals surface area contributed by atoms with Gasteiger partial charge in [-0.05, 0) is 38.3 Å². The molecule has 1 atom stereocenters. The number of hydrogen-bond donors (Lipinski definition) is 0. The van der Waals surface area contributed by atoms with Gasteiger partial charge in [-0.25, -0.2) is 9.97 Å². The van der Waals surface area contributed by atoms with Crippen LogP contribution in [0.3, 0.4) is 0 Å². The highest BCUT2D eigenvalue weighted by Gasteiger charge is 2.27. The molecule has 140 valence electrons. The van der Waals surface area contributed by atoms with Crippen LogP contribution in [-0.2, 0) is 11.3 Å². The number of aryl methyl sites for hydroxylation is 2. The molecule has 3 aromatic rings. The largest absolute Gasteiger partial charge is 0.376 e. The topological polar surface area (TPSA) is 59.7 Å². The van der Waals surface area contributed by atoms with Crippen LogP contribution in [0.25, 0.3) is 5.78 Å². The van der Waals surface area contributed by atoms with Gasteiger partial charge in [-0.1, -0.05) is 29.8 Å². The maximum absolute atomic E-state index is 13.5. The van der Waals surface area contributed by atoms with E-state index in [0.29, 0.717) is 30.3 Å². The first kappa shape index (κ1) is 17.7. The molecule has 1 saturated heterocycles. The Labute approximate surface area is 158 Å². The second-order valence-electron chi connectivity index (χ2n) is 7.15. The molecule has 0 bridgehead atoms. The lowest BCUT2D eigenvalue weighted by Gasteiger charge is -2.26. The van der Waals surface area contributed by atoms with Gasteiger partial charge in [0.15, 0.2) is 0 Å². The Morgan fingerprint density at radius 2 is 2.22 bits per heavy atom. The molecule has 1 aliphatic rings. The summed E-state index contributed by atoms with van der Waals surface area (Å²) in [7, 11) is 0. The maximum Gasteiger partial charge on any atom is 0.273 e. The summed E-state index contributed by atoms with van der Waals surface area (Å²) in [5, 5.41) is 0. The van der Waals surface area contributed by atoms with Gasteiger partial charge in [-0.3, -0.25) is 9.20 Å². The Morgan fingerprint density at radius 1 is 1.33 bits per heavy atom. The Kier molecular flexibility index (Phi) is 4.90. The molecule has 3 heterocycles. The van der Waals surface area contributed by atoms with Crippen LogP contribution >= 0.6 is 0 Å². The minimum atomic E-state index is -0.0370. The number of aromatic nitrogens is 3. The average molecular weight is 364 g/mol. The minimum Gasteiger partial charge on any atom is -0.376 e. The summed E-state index contributed by atoms with van der Waals surface area (Å²) < 4.78 is 7.58. The van der Waals surface area contributed by atoms with Gasteiger partial charge in [-0.2, -0.15) is 0 Å². The fraction of sp³-hybridized carbons (Fsp3) is 0.381. The Morgan fingerprint density at radius 3 is 3.00 bits per heavy atom. The van der Waals surface area contributed by atoms with Gasteiger partial charge in [0, 0.05) is 32.1 Å². The Bertz CT molecular complexity index is 960. The smallest absolute Gasteiger partial charge is 0.273 e. The minimum absolute atomic E-state index is 0.0370. The van der Waals surface area contributed by atoms with Crippen LogP contribution in [0.1, 0.15) is 40.2 Å².